The second kappa shape index (κ2) is 7.81. The molecule has 5 N–H and O–H groups in total. The molecule has 0 amide bonds. The second-order valence-electron chi connectivity index (χ2n) is 8.26. The summed E-state index contributed by atoms with van der Waals surface area (Å²) in [5.41, 5.74) is 5.87. The Morgan fingerprint density at radius 3 is 2.92 bits per heavy atom. The molecule has 150 valence electrons. The van der Waals surface area contributed by atoms with E-state index in [0.717, 1.165) is 31.4 Å². The van der Waals surface area contributed by atoms with E-state index in [1.54, 1.807) is 11.8 Å². The number of alkyl halides is 1. The minimum absolute atomic E-state index is 0.0101. The molecule has 9 atom stereocenters. The van der Waals surface area contributed by atoms with Gasteiger partial charge in [0.2, 0.25) is 0 Å². The average molecular weight is 389 g/mol. The van der Waals surface area contributed by atoms with Crippen molar-refractivity contribution in [3.63, 3.8) is 0 Å². The molecule has 3 saturated heterocycles. The summed E-state index contributed by atoms with van der Waals surface area (Å²) >= 11 is 1.73. The monoisotopic (exact) mass is 388 g/mol. The molecule has 0 aromatic carbocycles. The molecule has 0 aromatic heterocycles. The Labute approximate surface area is 159 Å². The van der Waals surface area contributed by atoms with Crippen molar-refractivity contribution in [2.45, 2.75) is 93.8 Å². The summed E-state index contributed by atoms with van der Waals surface area (Å²) in [6, 6.07) is 0.561. The highest BCUT2D eigenvalue weighted by Crippen LogP contribution is 2.42. The van der Waals surface area contributed by atoms with E-state index in [4.69, 9.17) is 15.2 Å². The standard InChI is InChI=1S/C18H33FN4O2S/c1-3-18(6-7-26-17(20)23-18)12-8-11(4-5-13(12)19)22-16-15(25-16)14-9-24-10(2)21-14/h10-17,21-23H,3-9,20H2,1-2H3/t10?,11?,12?,13?,14?,15?,16?,17?,18-/m0/s1. The van der Waals surface area contributed by atoms with Crippen molar-refractivity contribution < 1.29 is 13.9 Å². The average Bonchev–Trinajstić information content (AvgIpc) is 3.26. The summed E-state index contributed by atoms with van der Waals surface area (Å²) in [6.45, 7) is 4.87. The van der Waals surface area contributed by atoms with Gasteiger partial charge >= 0.3 is 0 Å². The van der Waals surface area contributed by atoms with Crippen LogP contribution in [-0.2, 0) is 9.47 Å². The van der Waals surface area contributed by atoms with Crippen LogP contribution in [0.1, 0.15) is 46.0 Å². The van der Waals surface area contributed by atoms with Crippen molar-refractivity contribution in [1.29, 1.82) is 0 Å². The van der Waals surface area contributed by atoms with Crippen molar-refractivity contribution in [3.05, 3.63) is 0 Å². The number of epoxide rings is 1. The van der Waals surface area contributed by atoms with E-state index in [0.29, 0.717) is 19.1 Å². The lowest BCUT2D eigenvalue weighted by atomic mass is 9.69. The van der Waals surface area contributed by atoms with Gasteiger partial charge < -0.3 is 15.2 Å². The van der Waals surface area contributed by atoms with Gasteiger partial charge in [0.05, 0.1) is 12.6 Å². The van der Waals surface area contributed by atoms with Gasteiger partial charge in [0.15, 0.2) is 0 Å². The first-order chi connectivity index (χ1) is 12.5. The summed E-state index contributed by atoms with van der Waals surface area (Å²) in [4.78, 5) is 0. The quantitative estimate of drug-likeness (QED) is 0.528. The SMILES string of the molecule is CC[C@@]1(C2CC(NC3OC3C3COC(C)N3)CCC2F)CCSC(N)N1. The first-order valence-electron chi connectivity index (χ1n) is 10.1. The Balaban J connectivity index is 1.35. The van der Waals surface area contributed by atoms with Gasteiger partial charge in [0.25, 0.3) is 0 Å². The molecule has 1 saturated carbocycles. The van der Waals surface area contributed by atoms with E-state index >= 15 is 0 Å². The largest absolute Gasteiger partial charge is 0.362 e. The molecule has 6 nitrogen and oxygen atoms in total. The highest BCUT2D eigenvalue weighted by molar-refractivity contribution is 7.99. The number of thioether (sulfide) groups is 1. The molecule has 0 aromatic rings. The number of hydrogen-bond donors (Lipinski definition) is 4. The van der Waals surface area contributed by atoms with Crippen LogP contribution >= 0.6 is 11.8 Å². The predicted octanol–water partition coefficient (Wildman–Crippen LogP) is 1.26. The zero-order valence-corrected chi connectivity index (χ0v) is 16.6. The third-order valence-corrected chi connectivity index (χ3v) is 7.60. The summed E-state index contributed by atoms with van der Waals surface area (Å²) in [5, 5.41) is 10.6. The predicted molar refractivity (Wildman–Crippen MR) is 101 cm³/mol. The van der Waals surface area contributed by atoms with E-state index in [1.165, 1.54) is 0 Å². The van der Waals surface area contributed by atoms with E-state index in [1.807, 2.05) is 6.92 Å². The minimum atomic E-state index is -0.752. The minimum Gasteiger partial charge on any atom is -0.362 e. The Bertz CT molecular complexity index is 504. The summed E-state index contributed by atoms with van der Waals surface area (Å²) in [5.74, 6) is 1.01. The molecule has 4 aliphatic rings. The van der Waals surface area contributed by atoms with Crippen LogP contribution in [0.25, 0.3) is 0 Å². The summed E-state index contributed by atoms with van der Waals surface area (Å²) in [7, 11) is 0. The molecule has 0 spiro atoms. The van der Waals surface area contributed by atoms with Crippen LogP contribution in [0.2, 0.25) is 0 Å². The fourth-order valence-electron chi connectivity index (χ4n) is 5.09. The zero-order valence-electron chi connectivity index (χ0n) is 15.7. The third-order valence-electron chi connectivity index (χ3n) is 6.68. The normalized spacial score (nSPS) is 52.2. The molecular formula is C18H33FN4O2S. The van der Waals surface area contributed by atoms with Gasteiger partial charge in [-0.2, -0.15) is 0 Å². The van der Waals surface area contributed by atoms with Gasteiger partial charge in [-0.1, -0.05) is 6.92 Å². The number of nitrogens with one attached hydrogen (secondary N) is 3. The topological polar surface area (TPSA) is 83.9 Å². The van der Waals surface area contributed by atoms with Crippen LogP contribution in [0.4, 0.5) is 4.39 Å². The van der Waals surface area contributed by atoms with Crippen molar-refractivity contribution >= 4 is 11.8 Å². The maximum atomic E-state index is 14.9. The lowest BCUT2D eigenvalue weighted by molar-refractivity contribution is 0.0439. The molecule has 0 radical (unpaired) electrons. The fourth-order valence-corrected chi connectivity index (χ4v) is 6.14. The van der Waals surface area contributed by atoms with Crippen molar-refractivity contribution in [2.75, 3.05) is 12.4 Å². The Morgan fingerprint density at radius 1 is 1.38 bits per heavy atom. The highest BCUT2D eigenvalue weighted by atomic mass is 32.2. The number of rotatable bonds is 5. The number of ether oxygens (including phenoxy) is 2. The van der Waals surface area contributed by atoms with Gasteiger partial charge in [0.1, 0.15) is 30.2 Å². The maximum absolute atomic E-state index is 14.9. The lowest BCUT2D eigenvalue weighted by Gasteiger charge is -2.49. The molecule has 4 rings (SSSR count). The van der Waals surface area contributed by atoms with Gasteiger partial charge in [-0.25, -0.2) is 4.39 Å². The summed E-state index contributed by atoms with van der Waals surface area (Å²) in [6.07, 6.45) is 3.82. The molecule has 8 heteroatoms. The van der Waals surface area contributed by atoms with Crippen molar-refractivity contribution in [1.82, 2.24) is 16.0 Å². The Kier molecular flexibility index (Phi) is 5.82. The highest BCUT2D eigenvalue weighted by Gasteiger charge is 2.51. The van der Waals surface area contributed by atoms with Crippen LogP contribution in [0.15, 0.2) is 0 Å². The number of hydrogen-bond acceptors (Lipinski definition) is 7. The van der Waals surface area contributed by atoms with Gasteiger partial charge in [0, 0.05) is 17.5 Å². The van der Waals surface area contributed by atoms with Crippen LogP contribution < -0.4 is 21.7 Å². The van der Waals surface area contributed by atoms with Crippen LogP contribution in [0.5, 0.6) is 0 Å². The Morgan fingerprint density at radius 2 is 2.23 bits per heavy atom. The molecule has 3 heterocycles. The molecule has 3 aliphatic heterocycles. The molecule has 0 bridgehead atoms. The van der Waals surface area contributed by atoms with Crippen LogP contribution in [-0.4, -0.2) is 60.2 Å². The van der Waals surface area contributed by atoms with Crippen molar-refractivity contribution in [3.8, 4) is 0 Å². The van der Waals surface area contributed by atoms with E-state index in [9.17, 15) is 4.39 Å². The fraction of sp³-hybridized carbons (Fsp3) is 1.00. The first-order valence-corrected chi connectivity index (χ1v) is 11.1. The lowest BCUT2D eigenvalue weighted by Crippen LogP contribution is -2.63. The Hall–Kier alpha value is 0.0400. The number of halogens is 1. The smallest absolute Gasteiger partial charge is 0.137 e. The molecule has 1 aliphatic carbocycles. The first kappa shape index (κ1) is 19.4. The van der Waals surface area contributed by atoms with E-state index in [2.05, 4.69) is 22.9 Å². The molecule has 4 fully saturated rings. The third kappa shape index (κ3) is 3.92. The molecule has 26 heavy (non-hydrogen) atoms. The zero-order chi connectivity index (χ0) is 18.3. The number of nitrogens with two attached hydrogens (primary N) is 1. The van der Waals surface area contributed by atoms with Crippen LogP contribution in [0.3, 0.4) is 0 Å². The van der Waals surface area contributed by atoms with E-state index < -0.39 is 6.17 Å². The molecular weight excluding hydrogens is 355 g/mol. The second-order valence-corrected chi connectivity index (χ2v) is 9.51. The maximum Gasteiger partial charge on any atom is 0.137 e. The van der Waals surface area contributed by atoms with Crippen molar-refractivity contribution in [2.24, 2.45) is 11.7 Å². The van der Waals surface area contributed by atoms with Gasteiger partial charge in [-0.3, -0.25) is 16.0 Å². The summed E-state index contributed by atoms with van der Waals surface area (Å²) < 4.78 is 26.3. The van der Waals surface area contributed by atoms with Gasteiger partial charge in [-0.15, -0.1) is 11.8 Å². The molecule has 8 unspecified atom stereocenters. The van der Waals surface area contributed by atoms with E-state index in [-0.39, 0.29) is 41.6 Å². The van der Waals surface area contributed by atoms with Crippen LogP contribution in [0, 0.1) is 5.92 Å². The van der Waals surface area contributed by atoms with Gasteiger partial charge in [-0.05, 0) is 44.8 Å².